The summed E-state index contributed by atoms with van der Waals surface area (Å²) in [5.74, 6) is 0.408. The largest absolute Gasteiger partial charge is 0.342 e. The highest BCUT2D eigenvalue weighted by molar-refractivity contribution is 5.97. The van der Waals surface area contributed by atoms with Crippen molar-refractivity contribution >= 4 is 11.8 Å². The van der Waals surface area contributed by atoms with Gasteiger partial charge in [-0.25, -0.2) is 0 Å². The molecule has 4 nitrogen and oxygen atoms in total. The third kappa shape index (κ3) is 3.22. The fraction of sp³-hybridized carbons (Fsp3) is 0.750. The lowest BCUT2D eigenvalue weighted by atomic mass is 9.82. The Morgan fingerprint density at radius 3 is 2.50 bits per heavy atom. The maximum atomic E-state index is 12.7. The van der Waals surface area contributed by atoms with Crippen molar-refractivity contribution in [2.75, 3.05) is 6.54 Å². The van der Waals surface area contributed by atoms with Crippen LogP contribution in [0.5, 0.6) is 0 Å². The molecule has 1 N–H and O–H groups in total. The summed E-state index contributed by atoms with van der Waals surface area (Å²) in [6, 6.07) is -0.664. The minimum Gasteiger partial charge on any atom is -0.342 e. The van der Waals surface area contributed by atoms with E-state index in [9.17, 15) is 9.59 Å². The van der Waals surface area contributed by atoms with Crippen molar-refractivity contribution in [1.82, 2.24) is 10.2 Å². The van der Waals surface area contributed by atoms with Gasteiger partial charge in [-0.3, -0.25) is 9.59 Å². The highest BCUT2D eigenvalue weighted by atomic mass is 16.2. The molecule has 1 aliphatic carbocycles. The highest BCUT2D eigenvalue weighted by Crippen LogP contribution is 2.29. The summed E-state index contributed by atoms with van der Waals surface area (Å²) in [4.78, 5) is 26.5. The maximum Gasteiger partial charge on any atom is 0.246 e. The Hall–Kier alpha value is -1.32. The predicted molar refractivity (Wildman–Crippen MR) is 79.1 cm³/mol. The number of nitrogens with one attached hydrogen (secondary N) is 1. The van der Waals surface area contributed by atoms with Crippen LogP contribution in [0, 0.1) is 5.92 Å². The minimum atomic E-state index is -0.363. The van der Waals surface area contributed by atoms with Crippen LogP contribution in [0.4, 0.5) is 0 Å². The quantitative estimate of drug-likeness (QED) is 0.805. The van der Waals surface area contributed by atoms with Gasteiger partial charge in [0.15, 0.2) is 0 Å². The number of hydrogen-bond donors (Lipinski definition) is 1. The molecule has 2 fully saturated rings. The zero-order valence-corrected chi connectivity index (χ0v) is 12.8. The molecule has 0 aromatic heterocycles. The van der Waals surface area contributed by atoms with Gasteiger partial charge in [0.2, 0.25) is 11.8 Å². The van der Waals surface area contributed by atoms with Crippen molar-refractivity contribution in [2.24, 2.45) is 5.92 Å². The molecule has 2 unspecified atom stereocenters. The van der Waals surface area contributed by atoms with Gasteiger partial charge in [0.25, 0.3) is 0 Å². The zero-order valence-electron chi connectivity index (χ0n) is 12.8. The van der Waals surface area contributed by atoms with Gasteiger partial charge >= 0.3 is 0 Å². The van der Waals surface area contributed by atoms with Crippen LogP contribution >= 0.6 is 0 Å². The third-order valence-corrected chi connectivity index (χ3v) is 4.51. The molecule has 2 aliphatic rings. The topological polar surface area (TPSA) is 49.4 Å². The molecule has 112 valence electrons. The maximum absolute atomic E-state index is 12.7. The average molecular weight is 278 g/mol. The molecule has 1 heterocycles. The van der Waals surface area contributed by atoms with Gasteiger partial charge in [-0.2, -0.15) is 0 Å². The van der Waals surface area contributed by atoms with E-state index >= 15 is 0 Å². The van der Waals surface area contributed by atoms with Gasteiger partial charge in [0, 0.05) is 6.54 Å². The summed E-state index contributed by atoms with van der Waals surface area (Å²) in [6.07, 6.45) is 7.74. The molecule has 2 amide bonds. The molecule has 0 radical (unpaired) electrons. The molecular formula is C16H26N2O2. The second-order valence-corrected chi connectivity index (χ2v) is 6.33. The van der Waals surface area contributed by atoms with Crippen LogP contribution in [0.2, 0.25) is 0 Å². The minimum absolute atomic E-state index is 0.0117. The van der Waals surface area contributed by atoms with Crippen LogP contribution in [0.1, 0.15) is 52.9 Å². The van der Waals surface area contributed by atoms with Gasteiger partial charge in [-0.15, -0.1) is 0 Å². The van der Waals surface area contributed by atoms with Crippen LogP contribution < -0.4 is 5.32 Å². The smallest absolute Gasteiger partial charge is 0.246 e. The molecule has 0 spiro atoms. The molecular weight excluding hydrogens is 252 g/mol. The fourth-order valence-electron chi connectivity index (χ4n) is 3.16. The van der Waals surface area contributed by atoms with Crippen LogP contribution in [-0.2, 0) is 9.59 Å². The molecule has 1 saturated heterocycles. The number of carbonyl (C=O) groups excluding carboxylic acids is 2. The number of carbonyl (C=O) groups is 2. The van der Waals surface area contributed by atoms with E-state index < -0.39 is 0 Å². The van der Waals surface area contributed by atoms with E-state index in [1.807, 2.05) is 26.8 Å². The van der Waals surface area contributed by atoms with Crippen molar-refractivity contribution in [3.63, 3.8) is 0 Å². The second-order valence-electron chi connectivity index (χ2n) is 6.33. The third-order valence-electron chi connectivity index (χ3n) is 4.51. The number of hydrogen-bond acceptors (Lipinski definition) is 2. The molecule has 0 bridgehead atoms. The monoisotopic (exact) mass is 278 g/mol. The van der Waals surface area contributed by atoms with Crippen molar-refractivity contribution in [1.29, 1.82) is 0 Å². The first kappa shape index (κ1) is 15.1. The van der Waals surface area contributed by atoms with Crippen molar-refractivity contribution < 1.29 is 9.59 Å². The van der Waals surface area contributed by atoms with Crippen molar-refractivity contribution in [3.05, 3.63) is 11.6 Å². The number of rotatable bonds is 3. The molecule has 4 heteroatoms. The first-order chi connectivity index (χ1) is 9.50. The van der Waals surface area contributed by atoms with E-state index in [0.717, 1.165) is 12.8 Å². The van der Waals surface area contributed by atoms with E-state index in [1.54, 1.807) is 4.90 Å². The van der Waals surface area contributed by atoms with Crippen LogP contribution in [0.25, 0.3) is 0 Å². The van der Waals surface area contributed by atoms with E-state index in [2.05, 4.69) is 5.32 Å². The van der Waals surface area contributed by atoms with Crippen LogP contribution in [-0.4, -0.2) is 35.3 Å². The molecule has 0 aromatic rings. The SMILES string of the molecule is CC(C)=CCN1C(=O)C(C2CCCCC2)NC(=O)C1C. The lowest BCUT2D eigenvalue weighted by Gasteiger charge is -2.40. The van der Waals surface area contributed by atoms with Gasteiger partial charge in [0.1, 0.15) is 12.1 Å². The van der Waals surface area contributed by atoms with Crippen molar-refractivity contribution in [2.45, 2.75) is 65.0 Å². The predicted octanol–water partition coefficient (Wildman–Crippen LogP) is 2.25. The molecule has 0 aromatic carbocycles. The molecule has 2 rings (SSSR count). The summed E-state index contributed by atoms with van der Waals surface area (Å²) in [5, 5.41) is 2.95. The number of piperazine rings is 1. The molecule has 20 heavy (non-hydrogen) atoms. The van der Waals surface area contributed by atoms with E-state index in [1.165, 1.54) is 24.8 Å². The lowest BCUT2D eigenvalue weighted by molar-refractivity contribution is -0.149. The fourth-order valence-corrected chi connectivity index (χ4v) is 3.16. The Labute approximate surface area is 121 Å². The molecule has 2 atom stereocenters. The van der Waals surface area contributed by atoms with Crippen LogP contribution in [0.3, 0.4) is 0 Å². The summed E-state index contributed by atoms with van der Waals surface area (Å²) >= 11 is 0. The van der Waals surface area contributed by atoms with Crippen molar-refractivity contribution in [3.8, 4) is 0 Å². The highest BCUT2D eigenvalue weighted by Gasteiger charge is 2.41. The summed E-state index contributed by atoms with van der Waals surface area (Å²) in [6.45, 7) is 6.37. The van der Waals surface area contributed by atoms with Gasteiger partial charge < -0.3 is 10.2 Å². The summed E-state index contributed by atoms with van der Waals surface area (Å²) in [7, 11) is 0. The normalized spacial score (nSPS) is 28.2. The lowest BCUT2D eigenvalue weighted by Crippen LogP contribution is -2.64. The number of allylic oxidation sites excluding steroid dienone is 1. The van der Waals surface area contributed by atoms with E-state index in [-0.39, 0.29) is 23.9 Å². The first-order valence-electron chi connectivity index (χ1n) is 7.75. The average Bonchev–Trinajstić information content (AvgIpc) is 2.43. The Bertz CT molecular complexity index is 407. The van der Waals surface area contributed by atoms with Gasteiger partial charge in [-0.05, 0) is 39.5 Å². The second kappa shape index (κ2) is 6.42. The Balaban J connectivity index is 2.12. The Morgan fingerprint density at radius 1 is 1.25 bits per heavy atom. The summed E-state index contributed by atoms with van der Waals surface area (Å²) < 4.78 is 0. The van der Waals surface area contributed by atoms with E-state index in [4.69, 9.17) is 0 Å². The standard InChI is InChI=1S/C16H26N2O2/c1-11(2)9-10-18-12(3)15(19)17-14(16(18)20)13-7-5-4-6-8-13/h9,12-14H,4-8,10H2,1-3H3,(H,17,19). The van der Waals surface area contributed by atoms with Crippen LogP contribution in [0.15, 0.2) is 11.6 Å². The zero-order chi connectivity index (χ0) is 14.7. The number of amides is 2. The molecule has 1 aliphatic heterocycles. The van der Waals surface area contributed by atoms with E-state index in [0.29, 0.717) is 12.5 Å². The Morgan fingerprint density at radius 2 is 1.90 bits per heavy atom. The number of nitrogens with zero attached hydrogens (tertiary/aromatic N) is 1. The summed E-state index contributed by atoms with van der Waals surface area (Å²) in [5.41, 5.74) is 1.17. The first-order valence-corrected chi connectivity index (χ1v) is 7.75. The van der Waals surface area contributed by atoms with Gasteiger partial charge in [0.05, 0.1) is 0 Å². The molecule has 1 saturated carbocycles. The Kier molecular flexibility index (Phi) is 4.84. The van der Waals surface area contributed by atoms with Gasteiger partial charge in [-0.1, -0.05) is 30.9 Å².